The highest BCUT2D eigenvalue weighted by Crippen LogP contribution is 2.29. The van der Waals surface area contributed by atoms with Crippen LogP contribution in [-0.4, -0.2) is 25.8 Å². The number of rotatable bonds is 5. The van der Waals surface area contributed by atoms with Crippen molar-refractivity contribution in [3.63, 3.8) is 0 Å². The van der Waals surface area contributed by atoms with Gasteiger partial charge in [-0.25, -0.2) is 8.42 Å². The van der Waals surface area contributed by atoms with E-state index in [0.717, 1.165) is 4.47 Å². The van der Waals surface area contributed by atoms with Gasteiger partial charge in [-0.15, -0.1) is 0 Å². The van der Waals surface area contributed by atoms with E-state index in [2.05, 4.69) is 20.9 Å². The lowest BCUT2D eigenvalue weighted by atomic mass is 9.82. The Bertz CT molecular complexity index is 528. The zero-order valence-corrected chi connectivity index (χ0v) is 14.2. The molecule has 1 heterocycles. The number of halogens is 2. The Balaban J connectivity index is 2.74. The van der Waals surface area contributed by atoms with E-state index in [9.17, 15) is 8.42 Å². The molecule has 0 saturated carbocycles. The van der Waals surface area contributed by atoms with Crippen LogP contribution in [0.1, 0.15) is 20.8 Å². The van der Waals surface area contributed by atoms with Crippen molar-refractivity contribution in [3.05, 3.63) is 22.9 Å². The molecule has 0 bridgehead atoms. The Morgan fingerprint density at radius 1 is 1.42 bits per heavy atom. The van der Waals surface area contributed by atoms with Crippen LogP contribution in [0.15, 0.2) is 22.9 Å². The Labute approximate surface area is 127 Å². The second-order valence-corrected chi connectivity index (χ2v) is 9.16. The molecular weight excluding hydrogens is 354 g/mol. The molecule has 0 aromatic carbocycles. The lowest BCUT2D eigenvalue weighted by Gasteiger charge is -2.29. The summed E-state index contributed by atoms with van der Waals surface area (Å²) in [5.41, 5.74) is -0.221. The van der Waals surface area contributed by atoms with Crippen LogP contribution >= 0.6 is 26.6 Å². The predicted molar refractivity (Wildman–Crippen MR) is 80.0 cm³/mol. The molecule has 0 aliphatic carbocycles. The van der Waals surface area contributed by atoms with Gasteiger partial charge in [0.25, 0.3) is 0 Å². The third-order valence-electron chi connectivity index (χ3n) is 2.76. The first kappa shape index (κ1) is 16.7. The summed E-state index contributed by atoms with van der Waals surface area (Å²) in [5, 5.41) is 0. The first-order valence-corrected chi connectivity index (χ1v) is 9.01. The molecule has 1 unspecified atom stereocenters. The van der Waals surface area contributed by atoms with E-state index < -0.39 is 9.05 Å². The van der Waals surface area contributed by atoms with Crippen molar-refractivity contribution >= 4 is 35.7 Å². The summed E-state index contributed by atoms with van der Waals surface area (Å²) in [6.45, 7) is 6.15. The molecule has 0 aliphatic heterocycles. The summed E-state index contributed by atoms with van der Waals surface area (Å²) in [6.07, 6.45) is 3.23. The first-order chi connectivity index (χ1) is 8.58. The summed E-state index contributed by atoms with van der Waals surface area (Å²) < 4.78 is 28.9. The van der Waals surface area contributed by atoms with Crippen LogP contribution in [0.4, 0.5) is 0 Å². The Hall–Kier alpha value is -0.330. The summed E-state index contributed by atoms with van der Waals surface area (Å²) >= 11 is 3.30. The minimum atomic E-state index is -3.55. The third-order valence-corrected chi connectivity index (χ3v) is 4.37. The lowest BCUT2D eigenvalue weighted by Crippen LogP contribution is -2.31. The first-order valence-electron chi connectivity index (χ1n) is 5.73. The van der Waals surface area contributed by atoms with Crippen LogP contribution in [0, 0.1) is 11.3 Å². The van der Waals surface area contributed by atoms with E-state index in [0.29, 0.717) is 5.75 Å². The molecule has 1 atom stereocenters. The van der Waals surface area contributed by atoms with E-state index in [-0.39, 0.29) is 23.7 Å². The van der Waals surface area contributed by atoms with E-state index in [1.54, 1.807) is 18.5 Å². The average Bonchev–Trinajstić information content (AvgIpc) is 2.21. The van der Waals surface area contributed by atoms with E-state index in [4.69, 9.17) is 15.4 Å². The topological polar surface area (TPSA) is 56.3 Å². The molecule has 1 aromatic rings. The van der Waals surface area contributed by atoms with Gasteiger partial charge in [0, 0.05) is 27.3 Å². The predicted octanol–water partition coefficient (Wildman–Crippen LogP) is 3.45. The van der Waals surface area contributed by atoms with E-state index >= 15 is 0 Å². The summed E-state index contributed by atoms with van der Waals surface area (Å²) in [7, 11) is 1.79. The van der Waals surface area contributed by atoms with Crippen LogP contribution in [0.2, 0.25) is 0 Å². The average molecular weight is 371 g/mol. The van der Waals surface area contributed by atoms with Gasteiger partial charge in [0.15, 0.2) is 0 Å². The number of ether oxygens (including phenoxy) is 1. The zero-order valence-electron chi connectivity index (χ0n) is 11.1. The normalized spacial score (nSPS) is 14.2. The van der Waals surface area contributed by atoms with Crippen molar-refractivity contribution in [2.24, 2.45) is 11.3 Å². The smallest absolute Gasteiger partial charge is 0.233 e. The molecule has 0 spiro atoms. The monoisotopic (exact) mass is 369 g/mol. The van der Waals surface area contributed by atoms with Crippen molar-refractivity contribution in [3.8, 4) is 5.75 Å². The van der Waals surface area contributed by atoms with Crippen LogP contribution in [0.3, 0.4) is 0 Å². The van der Waals surface area contributed by atoms with E-state index in [1.165, 1.54) is 0 Å². The maximum Gasteiger partial charge on any atom is 0.233 e. The molecule has 0 radical (unpaired) electrons. The quantitative estimate of drug-likeness (QED) is 0.745. The fourth-order valence-electron chi connectivity index (χ4n) is 1.46. The molecule has 108 valence electrons. The lowest BCUT2D eigenvalue weighted by molar-refractivity contribution is 0.163. The van der Waals surface area contributed by atoms with Crippen molar-refractivity contribution in [1.82, 2.24) is 4.98 Å². The molecule has 0 fully saturated rings. The van der Waals surface area contributed by atoms with Gasteiger partial charge in [-0.05, 0) is 27.4 Å². The maximum absolute atomic E-state index is 11.2. The minimum absolute atomic E-state index is 0.112. The van der Waals surface area contributed by atoms with Crippen LogP contribution in [-0.2, 0) is 9.05 Å². The van der Waals surface area contributed by atoms with Crippen molar-refractivity contribution < 1.29 is 13.2 Å². The SMILES string of the molecule is CC(C)(C)C(COc1cncc(Br)c1)CS(=O)(=O)Cl. The number of pyridine rings is 1. The molecule has 19 heavy (non-hydrogen) atoms. The summed E-state index contributed by atoms with van der Waals surface area (Å²) in [6, 6.07) is 1.78. The number of hydrogen-bond acceptors (Lipinski definition) is 4. The Morgan fingerprint density at radius 2 is 2.05 bits per heavy atom. The van der Waals surface area contributed by atoms with Gasteiger partial charge in [0.2, 0.25) is 9.05 Å². The highest BCUT2D eigenvalue weighted by atomic mass is 79.9. The molecule has 0 N–H and O–H groups in total. The minimum Gasteiger partial charge on any atom is -0.492 e. The van der Waals surface area contributed by atoms with Crippen molar-refractivity contribution in [2.75, 3.05) is 12.4 Å². The van der Waals surface area contributed by atoms with Gasteiger partial charge in [0.1, 0.15) is 5.75 Å². The molecule has 1 aromatic heterocycles. The second-order valence-electron chi connectivity index (χ2n) is 5.42. The third kappa shape index (κ3) is 6.58. The second kappa shape index (κ2) is 6.41. The number of aromatic nitrogens is 1. The number of hydrogen-bond donors (Lipinski definition) is 0. The molecule has 0 amide bonds. The summed E-state index contributed by atoms with van der Waals surface area (Å²) in [5.74, 6) is 0.282. The largest absolute Gasteiger partial charge is 0.492 e. The fraction of sp³-hybridized carbons (Fsp3) is 0.583. The van der Waals surface area contributed by atoms with Crippen LogP contribution in [0.5, 0.6) is 5.75 Å². The summed E-state index contributed by atoms with van der Waals surface area (Å²) in [4.78, 5) is 3.98. The molecule has 4 nitrogen and oxygen atoms in total. The van der Waals surface area contributed by atoms with E-state index in [1.807, 2.05) is 20.8 Å². The maximum atomic E-state index is 11.2. The fourth-order valence-corrected chi connectivity index (χ4v) is 3.33. The molecule has 0 saturated heterocycles. The standard InChI is InChI=1S/C12H17BrClNO3S/c1-12(2,3)9(8-19(14,16)17)7-18-11-4-10(13)5-15-6-11/h4-6,9H,7-8H2,1-3H3. The van der Waals surface area contributed by atoms with Crippen molar-refractivity contribution in [2.45, 2.75) is 20.8 Å². The van der Waals surface area contributed by atoms with Crippen LogP contribution in [0.25, 0.3) is 0 Å². The number of nitrogens with zero attached hydrogens (tertiary/aromatic N) is 1. The molecular formula is C12H17BrClNO3S. The van der Waals surface area contributed by atoms with Gasteiger partial charge in [-0.3, -0.25) is 4.98 Å². The zero-order chi connectivity index (χ0) is 14.7. The Morgan fingerprint density at radius 3 is 2.53 bits per heavy atom. The van der Waals surface area contributed by atoms with Crippen LogP contribution < -0.4 is 4.74 Å². The van der Waals surface area contributed by atoms with Gasteiger partial charge >= 0.3 is 0 Å². The van der Waals surface area contributed by atoms with Gasteiger partial charge in [0.05, 0.1) is 18.6 Å². The molecule has 7 heteroatoms. The highest BCUT2D eigenvalue weighted by molar-refractivity contribution is 9.10. The Kier molecular flexibility index (Phi) is 5.65. The van der Waals surface area contributed by atoms with Crippen molar-refractivity contribution in [1.29, 1.82) is 0 Å². The van der Waals surface area contributed by atoms with Gasteiger partial charge in [-0.1, -0.05) is 20.8 Å². The van der Waals surface area contributed by atoms with Gasteiger partial charge in [-0.2, -0.15) is 0 Å². The molecule has 0 aliphatic rings. The molecule has 1 rings (SSSR count). The van der Waals surface area contributed by atoms with Gasteiger partial charge < -0.3 is 4.74 Å². The highest BCUT2D eigenvalue weighted by Gasteiger charge is 2.29.